The Bertz CT molecular complexity index is 511. The minimum atomic E-state index is 0.183. The SMILES string of the molecule is O=C(CCc1ccc(Cl)s1)NC1CCN(C2CCCCCC2)C1. The van der Waals surface area contributed by atoms with Crippen molar-refractivity contribution in [2.75, 3.05) is 13.1 Å². The quantitative estimate of drug-likeness (QED) is 0.802. The second kappa shape index (κ2) is 8.50. The van der Waals surface area contributed by atoms with Crippen LogP contribution in [0.15, 0.2) is 12.1 Å². The first-order valence-electron chi connectivity index (χ1n) is 8.98. The van der Waals surface area contributed by atoms with Gasteiger partial charge in [-0.15, -0.1) is 11.3 Å². The smallest absolute Gasteiger partial charge is 0.220 e. The van der Waals surface area contributed by atoms with E-state index in [0.717, 1.165) is 36.3 Å². The zero-order chi connectivity index (χ0) is 16.1. The lowest BCUT2D eigenvalue weighted by Gasteiger charge is -2.26. The molecule has 2 heterocycles. The van der Waals surface area contributed by atoms with Crippen molar-refractivity contribution in [1.82, 2.24) is 10.2 Å². The number of amides is 1. The standard InChI is InChI=1S/C18H27ClN2OS/c19-17-9-7-16(23-17)8-10-18(22)20-14-11-12-21(13-14)15-5-3-1-2-4-6-15/h7,9,14-15H,1-6,8,10-13H2,(H,20,22). The third kappa shape index (κ3) is 5.20. The normalized spacial score (nSPS) is 23.8. The number of likely N-dealkylation sites (tertiary alicyclic amines) is 1. The number of carbonyl (C=O) groups excluding carboxylic acids is 1. The Labute approximate surface area is 148 Å². The summed E-state index contributed by atoms with van der Waals surface area (Å²) < 4.78 is 0.801. The zero-order valence-electron chi connectivity index (χ0n) is 13.7. The molecule has 1 aliphatic heterocycles. The predicted molar refractivity (Wildman–Crippen MR) is 97.3 cm³/mol. The minimum Gasteiger partial charge on any atom is -0.352 e. The average Bonchev–Trinajstić information content (AvgIpc) is 3.07. The van der Waals surface area contributed by atoms with E-state index in [1.807, 2.05) is 12.1 Å². The molecule has 1 amide bonds. The fourth-order valence-electron chi connectivity index (χ4n) is 3.88. The van der Waals surface area contributed by atoms with Crippen molar-refractivity contribution in [3.05, 3.63) is 21.3 Å². The lowest BCUT2D eigenvalue weighted by molar-refractivity contribution is -0.121. The molecule has 5 heteroatoms. The van der Waals surface area contributed by atoms with Gasteiger partial charge in [-0.25, -0.2) is 0 Å². The maximum atomic E-state index is 12.2. The van der Waals surface area contributed by atoms with Crippen molar-refractivity contribution < 1.29 is 4.79 Å². The summed E-state index contributed by atoms with van der Waals surface area (Å²) in [5.74, 6) is 0.183. The van der Waals surface area contributed by atoms with Crippen LogP contribution in [0.3, 0.4) is 0 Å². The van der Waals surface area contributed by atoms with E-state index in [-0.39, 0.29) is 5.91 Å². The number of halogens is 1. The van der Waals surface area contributed by atoms with Gasteiger partial charge in [0.05, 0.1) is 4.34 Å². The summed E-state index contributed by atoms with van der Waals surface area (Å²) >= 11 is 7.50. The van der Waals surface area contributed by atoms with Gasteiger partial charge >= 0.3 is 0 Å². The van der Waals surface area contributed by atoms with Gasteiger partial charge in [0.15, 0.2) is 0 Å². The molecule has 1 aromatic heterocycles. The van der Waals surface area contributed by atoms with Crippen LogP contribution in [0.25, 0.3) is 0 Å². The third-order valence-corrected chi connectivity index (χ3v) is 6.44. The lowest BCUT2D eigenvalue weighted by atomic mass is 10.1. The summed E-state index contributed by atoms with van der Waals surface area (Å²) in [6, 6.07) is 5.02. The Morgan fingerprint density at radius 2 is 2.00 bits per heavy atom. The van der Waals surface area contributed by atoms with E-state index >= 15 is 0 Å². The predicted octanol–water partition coefficient (Wildman–Crippen LogP) is 4.25. The van der Waals surface area contributed by atoms with Gasteiger partial charge in [-0.1, -0.05) is 37.3 Å². The van der Waals surface area contributed by atoms with Gasteiger partial charge in [0, 0.05) is 36.5 Å². The Kier molecular flexibility index (Phi) is 6.37. The highest BCUT2D eigenvalue weighted by Crippen LogP contribution is 2.25. The molecule has 0 bridgehead atoms. The minimum absolute atomic E-state index is 0.183. The summed E-state index contributed by atoms with van der Waals surface area (Å²) in [5.41, 5.74) is 0. The number of hydrogen-bond donors (Lipinski definition) is 1. The molecule has 0 spiro atoms. The maximum absolute atomic E-state index is 12.2. The first-order valence-corrected chi connectivity index (χ1v) is 10.2. The van der Waals surface area contributed by atoms with Gasteiger partial charge in [0.25, 0.3) is 0 Å². The van der Waals surface area contributed by atoms with E-state index in [2.05, 4.69) is 10.2 Å². The third-order valence-electron chi connectivity index (χ3n) is 5.15. The van der Waals surface area contributed by atoms with E-state index in [1.54, 1.807) is 11.3 Å². The number of hydrogen-bond acceptors (Lipinski definition) is 3. The summed E-state index contributed by atoms with van der Waals surface area (Å²) in [7, 11) is 0. The molecule has 1 saturated heterocycles. The second-order valence-electron chi connectivity index (χ2n) is 6.90. The van der Waals surface area contributed by atoms with Crippen LogP contribution in [-0.2, 0) is 11.2 Å². The van der Waals surface area contributed by atoms with E-state index in [1.165, 1.54) is 43.4 Å². The number of aryl methyl sites for hydroxylation is 1. The van der Waals surface area contributed by atoms with Crippen molar-refractivity contribution in [1.29, 1.82) is 0 Å². The first-order chi connectivity index (χ1) is 11.2. The highest BCUT2D eigenvalue weighted by Gasteiger charge is 2.29. The van der Waals surface area contributed by atoms with Gasteiger partial charge < -0.3 is 5.32 Å². The van der Waals surface area contributed by atoms with Crippen molar-refractivity contribution in [2.24, 2.45) is 0 Å². The summed E-state index contributed by atoms with van der Waals surface area (Å²) in [5, 5.41) is 3.23. The Morgan fingerprint density at radius 3 is 2.70 bits per heavy atom. The molecule has 0 radical (unpaired) electrons. The zero-order valence-corrected chi connectivity index (χ0v) is 15.3. The van der Waals surface area contributed by atoms with Crippen LogP contribution in [0.2, 0.25) is 4.34 Å². The molecule has 1 aromatic rings. The number of rotatable bonds is 5. The molecule has 2 fully saturated rings. The monoisotopic (exact) mass is 354 g/mol. The topological polar surface area (TPSA) is 32.3 Å². The fraction of sp³-hybridized carbons (Fsp3) is 0.722. The molecule has 1 atom stereocenters. The molecule has 1 saturated carbocycles. The average molecular weight is 355 g/mol. The Hall–Kier alpha value is -0.580. The highest BCUT2D eigenvalue weighted by molar-refractivity contribution is 7.16. The van der Waals surface area contributed by atoms with E-state index < -0.39 is 0 Å². The van der Waals surface area contributed by atoms with Crippen LogP contribution in [0, 0.1) is 0 Å². The molecule has 2 aliphatic rings. The van der Waals surface area contributed by atoms with Crippen molar-refractivity contribution in [2.45, 2.75) is 69.9 Å². The lowest BCUT2D eigenvalue weighted by Crippen LogP contribution is -2.39. The highest BCUT2D eigenvalue weighted by atomic mass is 35.5. The molecule has 1 unspecified atom stereocenters. The molecule has 0 aromatic carbocycles. The van der Waals surface area contributed by atoms with Crippen LogP contribution in [-0.4, -0.2) is 36.0 Å². The molecule has 128 valence electrons. The first kappa shape index (κ1) is 17.2. The molecular weight excluding hydrogens is 328 g/mol. The second-order valence-corrected chi connectivity index (χ2v) is 8.70. The van der Waals surface area contributed by atoms with Crippen LogP contribution >= 0.6 is 22.9 Å². The Morgan fingerprint density at radius 1 is 1.22 bits per heavy atom. The van der Waals surface area contributed by atoms with Gasteiger partial charge in [-0.2, -0.15) is 0 Å². The summed E-state index contributed by atoms with van der Waals surface area (Å²) in [6.45, 7) is 2.19. The Balaban J connectivity index is 1.39. The van der Waals surface area contributed by atoms with Crippen LogP contribution < -0.4 is 5.32 Å². The number of thiophene rings is 1. The van der Waals surface area contributed by atoms with Crippen molar-refractivity contribution >= 4 is 28.8 Å². The van der Waals surface area contributed by atoms with Gasteiger partial charge in [0.1, 0.15) is 0 Å². The van der Waals surface area contributed by atoms with Crippen LogP contribution in [0.5, 0.6) is 0 Å². The number of nitrogens with zero attached hydrogens (tertiary/aromatic N) is 1. The van der Waals surface area contributed by atoms with E-state index in [9.17, 15) is 4.79 Å². The van der Waals surface area contributed by atoms with E-state index in [0.29, 0.717) is 12.5 Å². The summed E-state index contributed by atoms with van der Waals surface area (Å²) in [6.07, 6.45) is 10.7. The molecular formula is C18H27ClN2OS. The molecule has 1 N–H and O–H groups in total. The molecule has 1 aliphatic carbocycles. The number of carbonyl (C=O) groups is 1. The van der Waals surface area contributed by atoms with Crippen LogP contribution in [0.4, 0.5) is 0 Å². The van der Waals surface area contributed by atoms with Crippen molar-refractivity contribution in [3.63, 3.8) is 0 Å². The fourth-order valence-corrected chi connectivity index (χ4v) is 4.97. The summed E-state index contributed by atoms with van der Waals surface area (Å²) in [4.78, 5) is 16.0. The largest absolute Gasteiger partial charge is 0.352 e. The van der Waals surface area contributed by atoms with Gasteiger partial charge in [-0.3, -0.25) is 9.69 Å². The van der Waals surface area contributed by atoms with Gasteiger partial charge in [-0.05, 0) is 37.8 Å². The van der Waals surface area contributed by atoms with Crippen molar-refractivity contribution in [3.8, 4) is 0 Å². The van der Waals surface area contributed by atoms with Crippen LogP contribution in [0.1, 0.15) is 56.2 Å². The van der Waals surface area contributed by atoms with E-state index in [4.69, 9.17) is 11.6 Å². The number of nitrogens with one attached hydrogen (secondary N) is 1. The molecule has 3 rings (SSSR count). The molecule has 3 nitrogen and oxygen atoms in total. The van der Waals surface area contributed by atoms with Gasteiger partial charge in [0.2, 0.25) is 5.91 Å². The maximum Gasteiger partial charge on any atom is 0.220 e. The molecule has 23 heavy (non-hydrogen) atoms.